The maximum absolute atomic E-state index is 14.1. The summed E-state index contributed by atoms with van der Waals surface area (Å²) in [6.07, 6.45) is 1.41. The van der Waals surface area contributed by atoms with Crippen molar-refractivity contribution in [1.82, 2.24) is 9.38 Å². The molecule has 1 saturated heterocycles. The van der Waals surface area contributed by atoms with E-state index in [1.54, 1.807) is 36.2 Å². The van der Waals surface area contributed by atoms with E-state index < -0.39 is 17.8 Å². The third kappa shape index (κ3) is 4.22. The van der Waals surface area contributed by atoms with E-state index in [1.807, 2.05) is 19.9 Å². The smallest absolute Gasteiger partial charge is 0.337 e. The number of rotatable bonds is 5. The molecule has 1 aliphatic rings. The van der Waals surface area contributed by atoms with Crippen LogP contribution in [0.25, 0.3) is 5.65 Å². The number of hydrogen-bond donors (Lipinski definition) is 2. The number of carboxylic acid groups (broad SMARTS) is 1. The highest BCUT2D eigenvalue weighted by molar-refractivity contribution is 5.94. The summed E-state index contributed by atoms with van der Waals surface area (Å²) in [7, 11) is 0. The molecule has 1 unspecified atom stereocenters. The first-order valence-electron chi connectivity index (χ1n) is 11.2. The minimum atomic E-state index is -2.74. The number of benzene rings is 1. The molecule has 0 saturated carbocycles. The number of pyridine rings is 1. The quantitative estimate of drug-likeness (QED) is 0.564. The van der Waals surface area contributed by atoms with Crippen LogP contribution in [-0.2, 0) is 0 Å². The van der Waals surface area contributed by atoms with Crippen molar-refractivity contribution in [3.63, 3.8) is 0 Å². The Bertz CT molecular complexity index is 1320. The molecular formula is C25H28F2N4O3. The number of carbonyl (C=O) groups is 1. The number of fused-ring (bicyclic) bond motifs is 1. The minimum absolute atomic E-state index is 0.109. The van der Waals surface area contributed by atoms with Crippen molar-refractivity contribution in [1.29, 1.82) is 0 Å². The SMILES string of the molecule is Cc1cc(C(C)Nc2ccccc2C(=O)O)c2nc(N3CCC(F)(F)[C@@H](C)C3)c(C)c(=O)n2c1. The predicted octanol–water partition coefficient (Wildman–Crippen LogP) is 4.66. The number of aromatic nitrogens is 2. The van der Waals surface area contributed by atoms with E-state index in [4.69, 9.17) is 4.98 Å². The Labute approximate surface area is 196 Å². The molecule has 3 aromatic rings. The number of alkyl halides is 2. The van der Waals surface area contributed by atoms with Gasteiger partial charge in [-0.2, -0.15) is 0 Å². The van der Waals surface area contributed by atoms with Crippen LogP contribution in [0.1, 0.15) is 53.4 Å². The van der Waals surface area contributed by atoms with E-state index in [0.29, 0.717) is 28.3 Å². The fourth-order valence-corrected chi connectivity index (χ4v) is 4.50. The van der Waals surface area contributed by atoms with Gasteiger partial charge in [0, 0.05) is 42.9 Å². The summed E-state index contributed by atoms with van der Waals surface area (Å²) in [5.41, 5.74) is 2.68. The number of aromatic carboxylic acids is 1. The molecule has 1 aromatic carbocycles. The molecule has 34 heavy (non-hydrogen) atoms. The first-order valence-corrected chi connectivity index (χ1v) is 11.2. The Balaban J connectivity index is 1.80. The zero-order valence-corrected chi connectivity index (χ0v) is 19.6. The van der Waals surface area contributed by atoms with Gasteiger partial charge in [-0.15, -0.1) is 0 Å². The van der Waals surface area contributed by atoms with Crippen LogP contribution in [0.2, 0.25) is 0 Å². The van der Waals surface area contributed by atoms with E-state index in [-0.39, 0.29) is 36.7 Å². The Morgan fingerprint density at radius 2 is 2.00 bits per heavy atom. The van der Waals surface area contributed by atoms with E-state index in [1.165, 1.54) is 17.4 Å². The summed E-state index contributed by atoms with van der Waals surface area (Å²) >= 11 is 0. The molecule has 0 aliphatic carbocycles. The molecule has 0 bridgehead atoms. The van der Waals surface area contributed by atoms with Gasteiger partial charge in [0.1, 0.15) is 11.5 Å². The normalized spacial score (nSPS) is 18.6. The highest BCUT2D eigenvalue weighted by Crippen LogP contribution is 2.35. The van der Waals surface area contributed by atoms with Crippen LogP contribution in [0.15, 0.2) is 41.3 Å². The van der Waals surface area contributed by atoms with Gasteiger partial charge in [0.15, 0.2) is 0 Å². The van der Waals surface area contributed by atoms with Crippen LogP contribution in [-0.4, -0.2) is 39.5 Å². The Morgan fingerprint density at radius 1 is 1.29 bits per heavy atom. The lowest BCUT2D eigenvalue weighted by Crippen LogP contribution is -2.47. The second kappa shape index (κ2) is 8.70. The van der Waals surface area contributed by atoms with Gasteiger partial charge in [0.2, 0.25) is 0 Å². The molecular weight excluding hydrogens is 442 g/mol. The third-order valence-electron chi connectivity index (χ3n) is 6.51. The first-order chi connectivity index (χ1) is 16.0. The average Bonchev–Trinajstić information content (AvgIpc) is 2.78. The molecule has 1 fully saturated rings. The van der Waals surface area contributed by atoms with Gasteiger partial charge in [-0.3, -0.25) is 9.20 Å². The molecule has 2 N–H and O–H groups in total. The van der Waals surface area contributed by atoms with Crippen LogP contribution in [0.3, 0.4) is 0 Å². The number of nitrogens with zero attached hydrogens (tertiary/aromatic N) is 3. The van der Waals surface area contributed by atoms with Crippen molar-refractivity contribution >= 4 is 23.1 Å². The van der Waals surface area contributed by atoms with Gasteiger partial charge in [0.05, 0.1) is 17.2 Å². The number of halogens is 2. The molecule has 0 radical (unpaired) electrons. The highest BCUT2D eigenvalue weighted by Gasteiger charge is 2.42. The summed E-state index contributed by atoms with van der Waals surface area (Å²) in [5.74, 6) is -4.23. The molecule has 180 valence electrons. The average molecular weight is 471 g/mol. The third-order valence-corrected chi connectivity index (χ3v) is 6.51. The number of anilines is 2. The fourth-order valence-electron chi connectivity index (χ4n) is 4.50. The number of aryl methyl sites for hydroxylation is 1. The maximum Gasteiger partial charge on any atom is 0.337 e. The number of piperidine rings is 1. The predicted molar refractivity (Wildman–Crippen MR) is 127 cm³/mol. The Hall–Kier alpha value is -3.49. The molecule has 0 amide bonds. The minimum Gasteiger partial charge on any atom is -0.478 e. The van der Waals surface area contributed by atoms with E-state index >= 15 is 0 Å². The first kappa shape index (κ1) is 23.7. The van der Waals surface area contributed by atoms with Gasteiger partial charge in [-0.25, -0.2) is 18.6 Å². The van der Waals surface area contributed by atoms with E-state index in [0.717, 1.165) is 5.56 Å². The van der Waals surface area contributed by atoms with E-state index in [9.17, 15) is 23.5 Å². The van der Waals surface area contributed by atoms with Gasteiger partial charge in [-0.1, -0.05) is 19.1 Å². The van der Waals surface area contributed by atoms with Gasteiger partial charge < -0.3 is 15.3 Å². The second-order valence-corrected chi connectivity index (χ2v) is 9.11. The number of hydrogen-bond acceptors (Lipinski definition) is 5. The molecule has 2 atom stereocenters. The Morgan fingerprint density at radius 3 is 2.68 bits per heavy atom. The standard InChI is InChI=1S/C25H28F2N4O3/c1-14-11-19(17(4)28-20-8-6-5-7-18(20)24(33)34)22-29-21(16(3)23(32)31(22)12-14)30-10-9-25(26,27)15(2)13-30/h5-8,11-12,15,17,28H,9-10,13H2,1-4H3,(H,33,34)/t15-,17?/m0/s1. The van der Waals surface area contributed by atoms with Gasteiger partial charge in [0.25, 0.3) is 11.5 Å². The van der Waals surface area contributed by atoms with Crippen LogP contribution >= 0.6 is 0 Å². The lowest BCUT2D eigenvalue weighted by molar-refractivity contribution is -0.0652. The van der Waals surface area contributed by atoms with Crippen molar-refractivity contribution in [2.45, 2.75) is 46.1 Å². The van der Waals surface area contributed by atoms with Gasteiger partial charge >= 0.3 is 5.97 Å². The summed E-state index contributed by atoms with van der Waals surface area (Å²) < 4.78 is 29.6. The monoisotopic (exact) mass is 470 g/mol. The molecule has 9 heteroatoms. The fraction of sp³-hybridized carbons (Fsp3) is 0.400. The highest BCUT2D eigenvalue weighted by atomic mass is 19.3. The summed E-state index contributed by atoms with van der Waals surface area (Å²) in [6, 6.07) is 8.11. The second-order valence-electron chi connectivity index (χ2n) is 9.11. The van der Waals surface area contributed by atoms with Crippen molar-refractivity contribution in [2.24, 2.45) is 5.92 Å². The van der Waals surface area contributed by atoms with E-state index in [2.05, 4.69) is 5.32 Å². The molecule has 7 nitrogen and oxygen atoms in total. The van der Waals surface area contributed by atoms with Crippen LogP contribution < -0.4 is 15.8 Å². The Kier molecular flexibility index (Phi) is 6.05. The van der Waals surface area contributed by atoms with Crippen LogP contribution in [0.4, 0.5) is 20.3 Å². The van der Waals surface area contributed by atoms with Crippen molar-refractivity contribution in [3.8, 4) is 0 Å². The van der Waals surface area contributed by atoms with Gasteiger partial charge in [-0.05, 0) is 44.5 Å². The topological polar surface area (TPSA) is 86.9 Å². The number of carboxylic acids is 1. The van der Waals surface area contributed by atoms with Crippen molar-refractivity contribution in [2.75, 3.05) is 23.3 Å². The molecule has 3 heterocycles. The summed E-state index contributed by atoms with van der Waals surface area (Å²) in [6.45, 7) is 7.13. The zero-order valence-electron chi connectivity index (χ0n) is 19.6. The molecule has 4 rings (SSSR count). The molecule has 2 aromatic heterocycles. The van der Waals surface area contributed by atoms with Crippen LogP contribution in [0.5, 0.6) is 0 Å². The molecule has 1 aliphatic heterocycles. The van der Waals surface area contributed by atoms with Crippen LogP contribution in [0, 0.1) is 19.8 Å². The van der Waals surface area contributed by atoms with Crippen molar-refractivity contribution in [3.05, 3.63) is 69.1 Å². The maximum atomic E-state index is 14.1. The lowest BCUT2D eigenvalue weighted by atomic mass is 9.95. The number of nitrogens with one attached hydrogen (secondary N) is 1. The lowest BCUT2D eigenvalue weighted by Gasteiger charge is -2.37. The summed E-state index contributed by atoms with van der Waals surface area (Å²) in [5, 5.41) is 12.7. The number of para-hydroxylation sites is 1. The largest absolute Gasteiger partial charge is 0.478 e. The summed E-state index contributed by atoms with van der Waals surface area (Å²) in [4.78, 5) is 31.5. The van der Waals surface area contributed by atoms with Crippen molar-refractivity contribution < 1.29 is 18.7 Å². The zero-order chi connectivity index (χ0) is 24.8. The molecule has 0 spiro atoms.